The number of amides is 1. The van der Waals surface area contributed by atoms with Gasteiger partial charge in [-0.2, -0.15) is 13.2 Å². The fourth-order valence-electron chi connectivity index (χ4n) is 4.43. The standard InChI is InChI=1S/C23H25F3N6O2/c1-13-11-31(6-7-32(13)16-4-5-18(29-9-16)21(33)27-3)12-15-8-19-17(10-28-15)14(2)20(22(34)30-19)23(24,25)26/h4-5,8-10,13H,6-7,11-12H2,1-3H3,(H,27,33)(H,30,34)/t13-/m1/s1. The molecule has 34 heavy (non-hydrogen) atoms. The first-order chi connectivity index (χ1) is 16.1. The lowest BCUT2D eigenvalue weighted by Crippen LogP contribution is -2.51. The van der Waals surface area contributed by atoms with Gasteiger partial charge in [-0.05, 0) is 37.6 Å². The molecule has 1 aliphatic rings. The fourth-order valence-corrected chi connectivity index (χ4v) is 4.43. The highest BCUT2D eigenvalue weighted by Crippen LogP contribution is 2.31. The van der Waals surface area contributed by atoms with Crippen LogP contribution in [0.4, 0.5) is 18.9 Å². The van der Waals surface area contributed by atoms with Gasteiger partial charge >= 0.3 is 6.18 Å². The molecule has 1 amide bonds. The largest absolute Gasteiger partial charge is 0.421 e. The number of H-pyrrole nitrogens is 1. The number of carbonyl (C=O) groups is 1. The Morgan fingerprint density at radius 3 is 2.62 bits per heavy atom. The molecule has 4 heterocycles. The second-order valence-corrected chi connectivity index (χ2v) is 8.43. The molecule has 0 unspecified atom stereocenters. The van der Waals surface area contributed by atoms with E-state index in [-0.39, 0.29) is 22.9 Å². The van der Waals surface area contributed by atoms with E-state index in [2.05, 4.69) is 37.0 Å². The summed E-state index contributed by atoms with van der Waals surface area (Å²) in [7, 11) is 1.56. The Balaban J connectivity index is 1.47. The molecule has 0 bridgehead atoms. The van der Waals surface area contributed by atoms with Crippen molar-refractivity contribution in [2.45, 2.75) is 32.6 Å². The average molecular weight is 474 g/mol. The summed E-state index contributed by atoms with van der Waals surface area (Å²) in [5.74, 6) is -0.238. The number of aromatic amines is 1. The smallest absolute Gasteiger partial charge is 0.365 e. The zero-order chi connectivity index (χ0) is 24.6. The highest BCUT2D eigenvalue weighted by Gasteiger charge is 2.36. The number of rotatable bonds is 4. The second-order valence-electron chi connectivity index (χ2n) is 8.43. The van der Waals surface area contributed by atoms with Gasteiger partial charge in [0, 0.05) is 50.9 Å². The number of alkyl halides is 3. The van der Waals surface area contributed by atoms with E-state index in [9.17, 15) is 22.8 Å². The molecule has 3 aromatic heterocycles. The third-order valence-electron chi connectivity index (χ3n) is 6.13. The summed E-state index contributed by atoms with van der Waals surface area (Å²) in [5, 5.41) is 2.83. The van der Waals surface area contributed by atoms with Crippen molar-refractivity contribution in [2.75, 3.05) is 31.6 Å². The maximum atomic E-state index is 13.2. The summed E-state index contributed by atoms with van der Waals surface area (Å²) in [6.45, 7) is 6.10. The van der Waals surface area contributed by atoms with Gasteiger partial charge in [-0.25, -0.2) is 4.98 Å². The normalized spacial score (nSPS) is 17.2. The molecule has 11 heteroatoms. The second kappa shape index (κ2) is 9.05. The van der Waals surface area contributed by atoms with Gasteiger partial charge in [-0.1, -0.05) is 0 Å². The Morgan fingerprint density at radius 1 is 1.24 bits per heavy atom. The van der Waals surface area contributed by atoms with Crippen molar-refractivity contribution in [1.82, 2.24) is 25.2 Å². The summed E-state index contributed by atoms with van der Waals surface area (Å²) in [6.07, 6.45) is -1.64. The van der Waals surface area contributed by atoms with Crippen LogP contribution in [-0.2, 0) is 12.7 Å². The maximum absolute atomic E-state index is 13.2. The molecule has 0 saturated carbocycles. The lowest BCUT2D eigenvalue weighted by atomic mass is 10.1. The van der Waals surface area contributed by atoms with Crippen LogP contribution in [0.5, 0.6) is 0 Å². The van der Waals surface area contributed by atoms with E-state index in [1.165, 1.54) is 13.1 Å². The SMILES string of the molecule is CNC(=O)c1ccc(N2CCN(Cc3cc4[nH]c(=O)c(C(F)(F)F)c(C)c4cn3)C[C@H]2C)cn1. The average Bonchev–Trinajstić information content (AvgIpc) is 2.77. The molecular formula is C23H25F3N6O2. The molecule has 4 rings (SSSR count). The topological polar surface area (TPSA) is 94.2 Å². The van der Waals surface area contributed by atoms with Crippen molar-refractivity contribution >= 4 is 22.5 Å². The van der Waals surface area contributed by atoms with Crippen LogP contribution in [0.2, 0.25) is 0 Å². The molecular weight excluding hydrogens is 449 g/mol. The van der Waals surface area contributed by atoms with Crippen LogP contribution in [0.1, 0.15) is 34.2 Å². The molecule has 1 fully saturated rings. The predicted molar refractivity (Wildman–Crippen MR) is 122 cm³/mol. The van der Waals surface area contributed by atoms with Gasteiger partial charge in [0.05, 0.1) is 23.1 Å². The van der Waals surface area contributed by atoms with Gasteiger partial charge in [-0.3, -0.25) is 19.5 Å². The first kappa shape index (κ1) is 23.7. The van der Waals surface area contributed by atoms with E-state index in [1.54, 1.807) is 25.4 Å². The van der Waals surface area contributed by atoms with E-state index in [4.69, 9.17) is 0 Å². The Morgan fingerprint density at radius 2 is 2.00 bits per heavy atom. The van der Waals surface area contributed by atoms with E-state index >= 15 is 0 Å². The number of pyridine rings is 3. The predicted octanol–water partition coefficient (Wildman–Crippen LogP) is 2.72. The van der Waals surface area contributed by atoms with Crippen LogP contribution in [-0.4, -0.2) is 58.5 Å². The monoisotopic (exact) mass is 474 g/mol. The molecule has 0 aliphatic carbocycles. The van der Waals surface area contributed by atoms with E-state index in [1.807, 2.05) is 6.07 Å². The first-order valence-electron chi connectivity index (χ1n) is 10.8. The van der Waals surface area contributed by atoms with E-state index < -0.39 is 17.3 Å². The molecule has 0 spiro atoms. The van der Waals surface area contributed by atoms with Gasteiger partial charge in [-0.15, -0.1) is 0 Å². The Bertz CT molecular complexity index is 1270. The minimum atomic E-state index is -4.72. The van der Waals surface area contributed by atoms with Crippen LogP contribution in [0.3, 0.4) is 0 Å². The highest BCUT2D eigenvalue weighted by molar-refractivity contribution is 5.92. The quantitative estimate of drug-likeness (QED) is 0.604. The van der Waals surface area contributed by atoms with Crippen molar-refractivity contribution in [3.63, 3.8) is 0 Å². The van der Waals surface area contributed by atoms with Crippen LogP contribution >= 0.6 is 0 Å². The molecule has 8 nitrogen and oxygen atoms in total. The minimum absolute atomic E-state index is 0.122. The zero-order valence-electron chi connectivity index (χ0n) is 19.0. The van der Waals surface area contributed by atoms with Crippen LogP contribution in [0.15, 0.2) is 35.4 Å². The van der Waals surface area contributed by atoms with Gasteiger partial charge < -0.3 is 15.2 Å². The van der Waals surface area contributed by atoms with Crippen molar-refractivity contribution in [2.24, 2.45) is 0 Å². The highest BCUT2D eigenvalue weighted by atomic mass is 19.4. The third-order valence-corrected chi connectivity index (χ3v) is 6.13. The number of fused-ring (bicyclic) bond motifs is 1. The number of hydrogen-bond acceptors (Lipinski definition) is 6. The first-order valence-corrected chi connectivity index (χ1v) is 10.8. The Kier molecular flexibility index (Phi) is 6.30. The molecule has 180 valence electrons. The molecule has 0 aromatic carbocycles. The molecule has 0 radical (unpaired) electrons. The van der Waals surface area contributed by atoms with Crippen LogP contribution in [0.25, 0.3) is 10.9 Å². The van der Waals surface area contributed by atoms with E-state index in [0.717, 1.165) is 25.3 Å². The number of aryl methyl sites for hydroxylation is 1. The number of piperazine rings is 1. The zero-order valence-corrected chi connectivity index (χ0v) is 19.0. The summed E-state index contributed by atoms with van der Waals surface area (Å²) in [5.41, 5.74) is -0.157. The van der Waals surface area contributed by atoms with Crippen molar-refractivity contribution in [1.29, 1.82) is 0 Å². The Labute approximate surface area is 193 Å². The molecule has 1 aliphatic heterocycles. The minimum Gasteiger partial charge on any atom is -0.365 e. The van der Waals surface area contributed by atoms with Crippen LogP contribution < -0.4 is 15.8 Å². The number of carbonyl (C=O) groups excluding carboxylic acids is 1. The number of nitrogens with zero attached hydrogens (tertiary/aromatic N) is 4. The van der Waals surface area contributed by atoms with Crippen LogP contribution in [0, 0.1) is 6.92 Å². The summed E-state index contributed by atoms with van der Waals surface area (Å²) in [6, 6.07) is 5.38. The van der Waals surface area contributed by atoms with Gasteiger partial charge in [0.15, 0.2) is 0 Å². The number of anilines is 1. The molecule has 3 aromatic rings. The molecule has 1 saturated heterocycles. The van der Waals surface area contributed by atoms with Gasteiger partial charge in [0.25, 0.3) is 11.5 Å². The van der Waals surface area contributed by atoms with Gasteiger partial charge in [0.1, 0.15) is 11.3 Å². The van der Waals surface area contributed by atoms with Crippen molar-refractivity contribution in [3.05, 3.63) is 63.5 Å². The van der Waals surface area contributed by atoms with Gasteiger partial charge in [0.2, 0.25) is 0 Å². The number of hydrogen-bond donors (Lipinski definition) is 2. The summed E-state index contributed by atoms with van der Waals surface area (Å²) in [4.78, 5) is 39.1. The van der Waals surface area contributed by atoms with Crippen molar-refractivity contribution in [3.8, 4) is 0 Å². The fraction of sp³-hybridized carbons (Fsp3) is 0.391. The van der Waals surface area contributed by atoms with E-state index in [0.29, 0.717) is 23.4 Å². The lowest BCUT2D eigenvalue weighted by Gasteiger charge is -2.41. The van der Waals surface area contributed by atoms with Crippen molar-refractivity contribution < 1.29 is 18.0 Å². The summed E-state index contributed by atoms with van der Waals surface area (Å²) < 4.78 is 39.6. The third kappa shape index (κ3) is 4.60. The number of nitrogens with one attached hydrogen (secondary N) is 2. The molecule has 2 N–H and O–H groups in total. The summed E-state index contributed by atoms with van der Waals surface area (Å²) >= 11 is 0. The molecule has 1 atom stereocenters. The number of halogens is 3. The number of aromatic nitrogens is 3. The maximum Gasteiger partial charge on any atom is 0.421 e. The Hall–Kier alpha value is -3.47. The lowest BCUT2D eigenvalue weighted by molar-refractivity contribution is -0.139.